The molecule has 0 aromatic heterocycles. The fraction of sp³-hybridized carbons (Fsp3) is 0.769. The molecule has 1 amide bonds. The van der Waals surface area contributed by atoms with Crippen LogP contribution >= 0.6 is 0 Å². The van der Waals surface area contributed by atoms with E-state index >= 15 is 0 Å². The van der Waals surface area contributed by atoms with Crippen molar-refractivity contribution in [1.82, 2.24) is 9.80 Å². The molecule has 1 aliphatic heterocycles. The molecule has 1 aliphatic rings. The lowest BCUT2D eigenvalue weighted by Crippen LogP contribution is -2.37. The van der Waals surface area contributed by atoms with Crippen LogP contribution in [0.5, 0.6) is 0 Å². The zero-order valence-corrected chi connectivity index (χ0v) is 10.9. The van der Waals surface area contributed by atoms with E-state index in [4.69, 9.17) is 10.2 Å². The molecule has 1 fully saturated rings. The monoisotopic (exact) mass is 254 g/mol. The SMILES string of the molecule is CCN(CC#CC1CCN(C(=O)O)CC1)CCO. The summed E-state index contributed by atoms with van der Waals surface area (Å²) in [6.07, 6.45) is 0.818. The Morgan fingerprint density at radius 2 is 2.11 bits per heavy atom. The van der Waals surface area contributed by atoms with E-state index in [-0.39, 0.29) is 6.61 Å². The van der Waals surface area contributed by atoms with Crippen LogP contribution in [0.25, 0.3) is 0 Å². The summed E-state index contributed by atoms with van der Waals surface area (Å²) < 4.78 is 0. The standard InChI is InChI=1S/C13H22N2O3/c1-2-14(10-11-16)7-3-4-12-5-8-15(9-6-12)13(17)18/h12,16H,2,5-11H2,1H3,(H,17,18). The largest absolute Gasteiger partial charge is 0.465 e. The molecular formula is C13H22N2O3. The summed E-state index contributed by atoms with van der Waals surface area (Å²) in [6, 6.07) is 0. The van der Waals surface area contributed by atoms with E-state index in [0.717, 1.165) is 19.4 Å². The highest BCUT2D eigenvalue weighted by Gasteiger charge is 2.20. The maximum absolute atomic E-state index is 10.7. The molecule has 0 bridgehead atoms. The van der Waals surface area contributed by atoms with Crippen LogP contribution in [0.3, 0.4) is 0 Å². The number of amides is 1. The summed E-state index contributed by atoms with van der Waals surface area (Å²) in [4.78, 5) is 14.3. The molecule has 0 aromatic carbocycles. The molecule has 5 nitrogen and oxygen atoms in total. The van der Waals surface area contributed by atoms with E-state index in [2.05, 4.69) is 16.7 Å². The Labute approximate surface area is 108 Å². The molecule has 5 heteroatoms. The third kappa shape index (κ3) is 4.94. The maximum atomic E-state index is 10.7. The van der Waals surface area contributed by atoms with Crippen molar-refractivity contribution in [1.29, 1.82) is 0 Å². The van der Waals surface area contributed by atoms with Gasteiger partial charge in [0.2, 0.25) is 0 Å². The number of likely N-dealkylation sites (tertiary alicyclic amines) is 1. The maximum Gasteiger partial charge on any atom is 0.407 e. The fourth-order valence-corrected chi connectivity index (χ4v) is 2.01. The summed E-state index contributed by atoms with van der Waals surface area (Å²) in [7, 11) is 0. The van der Waals surface area contributed by atoms with Crippen molar-refractivity contribution in [3.05, 3.63) is 0 Å². The van der Waals surface area contributed by atoms with Gasteiger partial charge >= 0.3 is 6.09 Å². The van der Waals surface area contributed by atoms with Gasteiger partial charge in [-0.2, -0.15) is 0 Å². The smallest absolute Gasteiger partial charge is 0.407 e. The quantitative estimate of drug-likeness (QED) is 0.725. The highest BCUT2D eigenvalue weighted by atomic mass is 16.4. The minimum absolute atomic E-state index is 0.159. The minimum Gasteiger partial charge on any atom is -0.465 e. The van der Waals surface area contributed by atoms with Crippen molar-refractivity contribution in [2.24, 2.45) is 5.92 Å². The summed E-state index contributed by atoms with van der Waals surface area (Å²) in [6.45, 7) is 5.59. The second-order valence-electron chi connectivity index (χ2n) is 4.46. The average Bonchev–Trinajstić information content (AvgIpc) is 2.38. The molecule has 0 aliphatic carbocycles. The summed E-state index contributed by atoms with van der Waals surface area (Å²) in [5, 5.41) is 17.7. The van der Waals surface area contributed by atoms with Crippen LogP contribution in [-0.4, -0.2) is 65.4 Å². The van der Waals surface area contributed by atoms with E-state index in [1.165, 1.54) is 4.90 Å². The van der Waals surface area contributed by atoms with E-state index in [0.29, 0.717) is 32.1 Å². The zero-order valence-electron chi connectivity index (χ0n) is 10.9. The minimum atomic E-state index is -0.832. The first-order valence-corrected chi connectivity index (χ1v) is 6.46. The highest BCUT2D eigenvalue weighted by molar-refractivity contribution is 5.65. The van der Waals surface area contributed by atoms with E-state index < -0.39 is 6.09 Å². The molecule has 0 spiro atoms. The van der Waals surface area contributed by atoms with Gasteiger partial charge in [0, 0.05) is 25.6 Å². The lowest BCUT2D eigenvalue weighted by atomic mass is 9.98. The van der Waals surface area contributed by atoms with Gasteiger partial charge in [0.25, 0.3) is 0 Å². The molecule has 102 valence electrons. The van der Waals surface area contributed by atoms with Gasteiger partial charge < -0.3 is 15.1 Å². The van der Waals surface area contributed by atoms with Gasteiger partial charge in [-0.25, -0.2) is 4.79 Å². The molecule has 18 heavy (non-hydrogen) atoms. The van der Waals surface area contributed by atoms with Crippen molar-refractivity contribution < 1.29 is 15.0 Å². The average molecular weight is 254 g/mol. The van der Waals surface area contributed by atoms with Crippen LogP contribution < -0.4 is 0 Å². The number of likely N-dealkylation sites (N-methyl/N-ethyl adjacent to an activating group) is 1. The number of piperidine rings is 1. The number of hydrogen-bond donors (Lipinski definition) is 2. The first-order chi connectivity index (χ1) is 8.67. The van der Waals surface area contributed by atoms with Crippen molar-refractivity contribution >= 4 is 6.09 Å². The third-order valence-corrected chi connectivity index (χ3v) is 3.24. The van der Waals surface area contributed by atoms with Crippen molar-refractivity contribution in [3.8, 4) is 11.8 Å². The summed E-state index contributed by atoms with van der Waals surface area (Å²) in [5.74, 6) is 6.66. The Morgan fingerprint density at radius 3 is 2.61 bits per heavy atom. The number of hydrogen-bond acceptors (Lipinski definition) is 3. The number of carbonyl (C=O) groups is 1. The highest BCUT2D eigenvalue weighted by Crippen LogP contribution is 2.15. The van der Waals surface area contributed by atoms with Gasteiger partial charge in [-0.05, 0) is 19.4 Å². The van der Waals surface area contributed by atoms with Gasteiger partial charge in [0.05, 0.1) is 13.2 Å². The van der Waals surface area contributed by atoms with Crippen molar-refractivity contribution in [2.75, 3.05) is 39.3 Å². The lowest BCUT2D eigenvalue weighted by molar-refractivity contribution is 0.130. The van der Waals surface area contributed by atoms with E-state index in [1.54, 1.807) is 0 Å². The predicted octanol–water partition coefficient (Wildman–Crippen LogP) is 0.694. The number of rotatable bonds is 4. The number of carboxylic acid groups (broad SMARTS) is 1. The van der Waals surface area contributed by atoms with E-state index in [1.807, 2.05) is 6.92 Å². The molecule has 0 unspecified atom stereocenters. The Bertz CT molecular complexity index is 314. The van der Waals surface area contributed by atoms with Crippen LogP contribution in [-0.2, 0) is 0 Å². The molecule has 0 saturated carbocycles. The number of aliphatic hydroxyl groups is 1. The van der Waals surface area contributed by atoms with Gasteiger partial charge in [-0.15, -0.1) is 0 Å². The third-order valence-electron chi connectivity index (χ3n) is 3.24. The van der Waals surface area contributed by atoms with Gasteiger partial charge in [-0.3, -0.25) is 4.90 Å². The number of nitrogens with zero attached hydrogens (tertiary/aromatic N) is 2. The van der Waals surface area contributed by atoms with Gasteiger partial charge in [-0.1, -0.05) is 18.8 Å². The Balaban J connectivity index is 2.30. The normalized spacial score (nSPS) is 16.5. The Hall–Kier alpha value is -1.25. The van der Waals surface area contributed by atoms with Crippen molar-refractivity contribution in [2.45, 2.75) is 19.8 Å². The summed E-state index contributed by atoms with van der Waals surface area (Å²) in [5.41, 5.74) is 0. The van der Waals surface area contributed by atoms with Gasteiger partial charge in [0.1, 0.15) is 0 Å². The van der Waals surface area contributed by atoms with Crippen LogP contribution in [0, 0.1) is 17.8 Å². The van der Waals surface area contributed by atoms with Crippen molar-refractivity contribution in [3.63, 3.8) is 0 Å². The lowest BCUT2D eigenvalue weighted by Gasteiger charge is -2.27. The Kier molecular flexibility index (Phi) is 6.55. The van der Waals surface area contributed by atoms with Gasteiger partial charge in [0.15, 0.2) is 0 Å². The predicted molar refractivity (Wildman–Crippen MR) is 69.3 cm³/mol. The molecule has 2 N–H and O–H groups in total. The molecule has 1 saturated heterocycles. The second kappa shape index (κ2) is 7.96. The molecule has 0 aromatic rings. The molecule has 1 rings (SSSR count). The fourth-order valence-electron chi connectivity index (χ4n) is 2.01. The van der Waals surface area contributed by atoms with E-state index in [9.17, 15) is 4.79 Å². The van der Waals surface area contributed by atoms with Crippen LogP contribution in [0.2, 0.25) is 0 Å². The van der Waals surface area contributed by atoms with Crippen LogP contribution in [0.1, 0.15) is 19.8 Å². The first kappa shape index (κ1) is 14.8. The first-order valence-electron chi connectivity index (χ1n) is 6.46. The van der Waals surface area contributed by atoms with Crippen LogP contribution in [0.4, 0.5) is 4.79 Å². The molecule has 1 heterocycles. The topological polar surface area (TPSA) is 64.0 Å². The summed E-state index contributed by atoms with van der Waals surface area (Å²) >= 11 is 0. The molecule has 0 radical (unpaired) electrons. The number of aliphatic hydroxyl groups excluding tert-OH is 1. The Morgan fingerprint density at radius 1 is 1.44 bits per heavy atom. The molecular weight excluding hydrogens is 232 g/mol. The zero-order chi connectivity index (χ0) is 13.4. The molecule has 0 atom stereocenters. The second-order valence-corrected chi connectivity index (χ2v) is 4.46. The van der Waals surface area contributed by atoms with Crippen LogP contribution in [0.15, 0.2) is 0 Å².